The SMILES string of the molecule is CCNC(=NCCCSC)NCCc1ccccc1Cl. The second-order valence-electron chi connectivity index (χ2n) is 4.38. The number of thioether (sulfide) groups is 1. The van der Waals surface area contributed by atoms with Gasteiger partial charge in [-0.25, -0.2) is 0 Å². The highest BCUT2D eigenvalue weighted by atomic mass is 35.5. The first-order chi connectivity index (χ1) is 9.77. The van der Waals surface area contributed by atoms with Crippen LogP contribution in [-0.2, 0) is 6.42 Å². The predicted octanol–water partition coefficient (Wildman–Crippen LogP) is 3.19. The Morgan fingerprint density at radius 1 is 1.30 bits per heavy atom. The molecule has 0 spiro atoms. The summed E-state index contributed by atoms with van der Waals surface area (Å²) in [6.07, 6.45) is 4.13. The first-order valence-electron chi connectivity index (χ1n) is 7.02. The highest BCUT2D eigenvalue weighted by Gasteiger charge is 2.00. The minimum absolute atomic E-state index is 0.830. The predicted molar refractivity (Wildman–Crippen MR) is 92.1 cm³/mol. The Balaban J connectivity index is 2.36. The maximum absolute atomic E-state index is 6.14. The summed E-state index contributed by atoms with van der Waals surface area (Å²) in [5.41, 5.74) is 1.17. The van der Waals surface area contributed by atoms with Gasteiger partial charge in [-0.15, -0.1) is 0 Å². The number of hydrogen-bond donors (Lipinski definition) is 2. The van der Waals surface area contributed by atoms with Crippen LogP contribution in [0, 0.1) is 0 Å². The van der Waals surface area contributed by atoms with Gasteiger partial charge in [-0.1, -0.05) is 29.8 Å². The normalized spacial score (nSPS) is 11.4. The summed E-state index contributed by atoms with van der Waals surface area (Å²) >= 11 is 8.00. The van der Waals surface area contributed by atoms with E-state index in [-0.39, 0.29) is 0 Å². The number of benzene rings is 1. The Kier molecular flexibility index (Phi) is 9.33. The van der Waals surface area contributed by atoms with Gasteiger partial charge in [0, 0.05) is 24.7 Å². The average Bonchev–Trinajstić information content (AvgIpc) is 2.45. The van der Waals surface area contributed by atoms with Crippen LogP contribution in [0.5, 0.6) is 0 Å². The Bertz CT molecular complexity index is 410. The van der Waals surface area contributed by atoms with Crippen molar-refractivity contribution in [3.63, 3.8) is 0 Å². The van der Waals surface area contributed by atoms with Crippen molar-refractivity contribution in [1.29, 1.82) is 0 Å². The van der Waals surface area contributed by atoms with E-state index in [1.807, 2.05) is 30.0 Å². The molecule has 1 aromatic rings. The lowest BCUT2D eigenvalue weighted by Gasteiger charge is -2.11. The molecule has 3 nitrogen and oxygen atoms in total. The fourth-order valence-electron chi connectivity index (χ4n) is 1.76. The van der Waals surface area contributed by atoms with Crippen LogP contribution in [0.15, 0.2) is 29.3 Å². The van der Waals surface area contributed by atoms with E-state index >= 15 is 0 Å². The summed E-state index contributed by atoms with van der Waals surface area (Å²) in [7, 11) is 0. The molecule has 5 heteroatoms. The minimum atomic E-state index is 0.830. The lowest BCUT2D eigenvalue weighted by atomic mass is 10.1. The number of nitrogens with zero attached hydrogens (tertiary/aromatic N) is 1. The molecule has 20 heavy (non-hydrogen) atoms. The van der Waals surface area contributed by atoms with Gasteiger partial charge < -0.3 is 10.6 Å². The van der Waals surface area contributed by atoms with Crippen LogP contribution in [0.4, 0.5) is 0 Å². The molecule has 0 unspecified atom stereocenters. The zero-order valence-electron chi connectivity index (χ0n) is 12.3. The summed E-state index contributed by atoms with van der Waals surface area (Å²) in [5.74, 6) is 2.04. The molecule has 112 valence electrons. The lowest BCUT2D eigenvalue weighted by molar-refractivity contribution is 0.795. The van der Waals surface area contributed by atoms with Gasteiger partial charge in [0.15, 0.2) is 5.96 Å². The topological polar surface area (TPSA) is 36.4 Å². The van der Waals surface area contributed by atoms with E-state index in [1.54, 1.807) is 0 Å². The van der Waals surface area contributed by atoms with E-state index in [2.05, 4.69) is 34.9 Å². The van der Waals surface area contributed by atoms with Gasteiger partial charge in [0.05, 0.1) is 0 Å². The summed E-state index contributed by atoms with van der Waals surface area (Å²) in [5, 5.41) is 7.44. The fraction of sp³-hybridized carbons (Fsp3) is 0.533. The molecule has 0 aromatic heterocycles. The van der Waals surface area contributed by atoms with Gasteiger partial charge in [0.2, 0.25) is 0 Å². The maximum atomic E-state index is 6.14. The van der Waals surface area contributed by atoms with Gasteiger partial charge in [-0.2, -0.15) is 11.8 Å². The largest absolute Gasteiger partial charge is 0.357 e. The van der Waals surface area contributed by atoms with Gasteiger partial charge in [-0.3, -0.25) is 4.99 Å². The number of halogens is 1. The highest BCUT2D eigenvalue weighted by molar-refractivity contribution is 7.98. The molecular formula is C15H24ClN3S. The second-order valence-corrected chi connectivity index (χ2v) is 5.77. The number of hydrogen-bond acceptors (Lipinski definition) is 2. The molecule has 0 fully saturated rings. The molecule has 0 aliphatic rings. The standard InChI is InChI=1S/C15H24ClN3S/c1-3-17-15(18-10-6-12-20-2)19-11-9-13-7-4-5-8-14(13)16/h4-5,7-8H,3,6,9-12H2,1-2H3,(H2,17,18,19). The molecule has 0 aliphatic carbocycles. The van der Waals surface area contributed by atoms with Crippen LogP contribution < -0.4 is 10.6 Å². The third-order valence-corrected chi connectivity index (χ3v) is 3.83. The van der Waals surface area contributed by atoms with Gasteiger partial charge in [0.1, 0.15) is 0 Å². The molecule has 0 heterocycles. The second kappa shape index (κ2) is 10.9. The van der Waals surface area contributed by atoms with Gasteiger partial charge in [0.25, 0.3) is 0 Å². The van der Waals surface area contributed by atoms with E-state index in [1.165, 1.54) is 5.56 Å². The molecular weight excluding hydrogens is 290 g/mol. The Labute approximate surface area is 131 Å². The Morgan fingerprint density at radius 2 is 2.10 bits per heavy atom. The first kappa shape index (κ1) is 17.2. The van der Waals surface area contributed by atoms with Crippen LogP contribution in [0.1, 0.15) is 18.9 Å². The summed E-state index contributed by atoms with van der Waals surface area (Å²) in [4.78, 5) is 4.55. The lowest BCUT2D eigenvalue weighted by Crippen LogP contribution is -2.38. The van der Waals surface area contributed by atoms with E-state index in [9.17, 15) is 0 Å². The zero-order valence-corrected chi connectivity index (χ0v) is 13.9. The van der Waals surface area contributed by atoms with Crippen molar-refractivity contribution in [2.75, 3.05) is 31.6 Å². The smallest absolute Gasteiger partial charge is 0.191 e. The molecule has 0 amide bonds. The Morgan fingerprint density at radius 3 is 2.80 bits per heavy atom. The van der Waals surface area contributed by atoms with E-state index in [4.69, 9.17) is 11.6 Å². The third-order valence-electron chi connectivity index (χ3n) is 2.77. The van der Waals surface area contributed by atoms with Crippen LogP contribution in [-0.4, -0.2) is 37.6 Å². The van der Waals surface area contributed by atoms with Gasteiger partial charge >= 0.3 is 0 Å². The molecule has 2 N–H and O–H groups in total. The van der Waals surface area contributed by atoms with Crippen molar-refractivity contribution in [3.8, 4) is 0 Å². The van der Waals surface area contributed by atoms with Crippen LogP contribution in [0.2, 0.25) is 5.02 Å². The molecule has 0 atom stereocenters. The summed E-state index contributed by atoms with van der Waals surface area (Å²) in [6.45, 7) is 4.65. The Hall–Kier alpha value is -0.870. The van der Waals surface area contributed by atoms with E-state index in [0.29, 0.717) is 0 Å². The van der Waals surface area contributed by atoms with Crippen LogP contribution in [0.25, 0.3) is 0 Å². The van der Waals surface area contributed by atoms with Gasteiger partial charge in [-0.05, 0) is 43.4 Å². The molecule has 0 saturated heterocycles. The summed E-state index contributed by atoms with van der Waals surface area (Å²) < 4.78 is 0. The molecule has 1 rings (SSSR count). The summed E-state index contributed by atoms with van der Waals surface area (Å²) in [6, 6.07) is 7.96. The van der Waals surface area contributed by atoms with Crippen molar-refractivity contribution >= 4 is 29.3 Å². The highest BCUT2D eigenvalue weighted by Crippen LogP contribution is 2.14. The third kappa shape index (κ3) is 7.06. The number of guanidine groups is 1. The van der Waals surface area contributed by atoms with Crippen molar-refractivity contribution in [2.45, 2.75) is 19.8 Å². The molecule has 0 aliphatic heterocycles. The fourth-order valence-corrected chi connectivity index (χ4v) is 2.41. The van der Waals surface area contributed by atoms with Crippen molar-refractivity contribution in [2.24, 2.45) is 4.99 Å². The zero-order chi connectivity index (χ0) is 14.6. The molecule has 0 bridgehead atoms. The number of rotatable bonds is 8. The maximum Gasteiger partial charge on any atom is 0.191 e. The van der Waals surface area contributed by atoms with E-state index < -0.39 is 0 Å². The first-order valence-corrected chi connectivity index (χ1v) is 8.79. The molecule has 1 aromatic carbocycles. The quantitative estimate of drug-likeness (QED) is 0.439. The van der Waals surface area contributed by atoms with Crippen LogP contribution >= 0.6 is 23.4 Å². The molecule has 0 saturated carbocycles. The monoisotopic (exact) mass is 313 g/mol. The van der Waals surface area contributed by atoms with Crippen molar-refractivity contribution in [3.05, 3.63) is 34.9 Å². The minimum Gasteiger partial charge on any atom is -0.357 e. The van der Waals surface area contributed by atoms with Crippen molar-refractivity contribution < 1.29 is 0 Å². The van der Waals surface area contributed by atoms with Crippen LogP contribution in [0.3, 0.4) is 0 Å². The number of nitrogens with one attached hydrogen (secondary N) is 2. The van der Waals surface area contributed by atoms with Crippen molar-refractivity contribution in [1.82, 2.24) is 10.6 Å². The molecule has 0 radical (unpaired) electrons. The average molecular weight is 314 g/mol. The van der Waals surface area contributed by atoms with E-state index in [0.717, 1.165) is 49.2 Å². The number of aliphatic imine (C=N–C) groups is 1.